The molecule has 0 saturated carbocycles. The quantitative estimate of drug-likeness (QED) is 0.391. The Morgan fingerprint density at radius 3 is 2.59 bits per heavy atom. The van der Waals surface area contributed by atoms with Gasteiger partial charge in [0.25, 0.3) is 0 Å². The van der Waals surface area contributed by atoms with Gasteiger partial charge in [-0.05, 0) is 46.3 Å². The van der Waals surface area contributed by atoms with Gasteiger partial charge in [-0.25, -0.2) is 17.8 Å². The van der Waals surface area contributed by atoms with Gasteiger partial charge < -0.3 is 15.9 Å². The van der Waals surface area contributed by atoms with E-state index in [-0.39, 0.29) is 39.3 Å². The van der Waals surface area contributed by atoms with Crippen LogP contribution in [-0.2, 0) is 11.4 Å². The fourth-order valence-electron chi connectivity index (χ4n) is 2.15. The summed E-state index contributed by atoms with van der Waals surface area (Å²) >= 11 is 3.96. The standard InChI is InChI=1S/C17H13BrF3N5O2S/c18-12-5-10(20)6-13(21)16(12)23-15(27)8-29-17-25-24-14(26(17)22)7-28-11-3-1-9(19)2-4-11/h1-6H,7-8,22H2,(H,23,27). The molecular weight excluding hydrogens is 475 g/mol. The molecule has 1 heterocycles. The minimum Gasteiger partial charge on any atom is -0.486 e. The Balaban J connectivity index is 1.56. The second-order valence-electron chi connectivity index (χ2n) is 5.59. The number of carbonyl (C=O) groups excluding carboxylic acids is 1. The highest BCUT2D eigenvalue weighted by Crippen LogP contribution is 2.27. The van der Waals surface area contributed by atoms with Crippen molar-refractivity contribution in [1.29, 1.82) is 0 Å². The highest BCUT2D eigenvalue weighted by atomic mass is 79.9. The number of nitrogen functional groups attached to an aromatic ring is 1. The number of rotatable bonds is 7. The molecule has 0 atom stereocenters. The van der Waals surface area contributed by atoms with Crippen LogP contribution >= 0.6 is 27.7 Å². The van der Waals surface area contributed by atoms with Crippen LogP contribution in [0.1, 0.15) is 5.82 Å². The van der Waals surface area contributed by atoms with Crippen molar-refractivity contribution in [1.82, 2.24) is 14.9 Å². The number of hydrogen-bond donors (Lipinski definition) is 2. The van der Waals surface area contributed by atoms with Gasteiger partial charge in [0.2, 0.25) is 11.1 Å². The first-order chi connectivity index (χ1) is 13.8. The summed E-state index contributed by atoms with van der Waals surface area (Å²) < 4.78 is 46.4. The first-order valence-corrected chi connectivity index (χ1v) is 9.76. The van der Waals surface area contributed by atoms with Crippen LogP contribution in [0.3, 0.4) is 0 Å². The molecule has 0 radical (unpaired) electrons. The monoisotopic (exact) mass is 487 g/mol. The zero-order chi connectivity index (χ0) is 21.0. The van der Waals surface area contributed by atoms with Crippen LogP contribution in [0.25, 0.3) is 0 Å². The van der Waals surface area contributed by atoms with Gasteiger partial charge in [0.05, 0.1) is 11.4 Å². The summed E-state index contributed by atoms with van der Waals surface area (Å²) in [6, 6.07) is 7.13. The third kappa shape index (κ3) is 5.41. The topological polar surface area (TPSA) is 95.1 Å². The van der Waals surface area contributed by atoms with Crippen LogP contribution in [0.4, 0.5) is 18.9 Å². The maximum atomic E-state index is 13.8. The lowest BCUT2D eigenvalue weighted by atomic mass is 10.3. The van der Waals surface area contributed by atoms with E-state index in [0.29, 0.717) is 11.8 Å². The lowest BCUT2D eigenvalue weighted by molar-refractivity contribution is -0.113. The molecule has 0 unspecified atom stereocenters. The number of nitrogens with two attached hydrogens (primary N) is 1. The van der Waals surface area contributed by atoms with E-state index in [2.05, 4.69) is 31.4 Å². The first-order valence-electron chi connectivity index (χ1n) is 7.98. The number of ether oxygens (including phenoxy) is 1. The minimum absolute atomic E-state index is 0.0182. The molecule has 0 fully saturated rings. The summed E-state index contributed by atoms with van der Waals surface area (Å²) in [6.45, 7) is -0.0182. The molecule has 0 bridgehead atoms. The third-order valence-corrected chi connectivity index (χ3v) is 5.09. The van der Waals surface area contributed by atoms with Gasteiger partial charge in [-0.3, -0.25) is 4.79 Å². The van der Waals surface area contributed by atoms with E-state index in [1.807, 2.05) is 0 Å². The van der Waals surface area contributed by atoms with E-state index in [1.165, 1.54) is 24.3 Å². The minimum atomic E-state index is -0.905. The zero-order valence-electron chi connectivity index (χ0n) is 14.5. The number of nitrogens with zero attached hydrogens (tertiary/aromatic N) is 3. The number of thioether (sulfide) groups is 1. The van der Waals surface area contributed by atoms with E-state index < -0.39 is 17.5 Å². The Kier molecular flexibility index (Phi) is 6.64. The smallest absolute Gasteiger partial charge is 0.234 e. The van der Waals surface area contributed by atoms with E-state index in [9.17, 15) is 18.0 Å². The lowest BCUT2D eigenvalue weighted by Gasteiger charge is -2.09. The number of benzene rings is 2. The maximum absolute atomic E-state index is 13.8. The maximum Gasteiger partial charge on any atom is 0.234 e. The highest BCUT2D eigenvalue weighted by molar-refractivity contribution is 9.10. The molecule has 0 spiro atoms. The van der Waals surface area contributed by atoms with Gasteiger partial charge in [0.15, 0.2) is 11.6 Å². The fraction of sp³-hybridized carbons (Fsp3) is 0.118. The molecule has 7 nitrogen and oxygen atoms in total. The van der Waals surface area contributed by atoms with Gasteiger partial charge in [-0.15, -0.1) is 10.2 Å². The molecule has 29 heavy (non-hydrogen) atoms. The number of anilines is 1. The summed E-state index contributed by atoms with van der Waals surface area (Å²) in [5, 5.41) is 10.3. The van der Waals surface area contributed by atoms with Gasteiger partial charge >= 0.3 is 0 Å². The number of hydrogen-bond acceptors (Lipinski definition) is 6. The SMILES string of the molecule is Nn1c(COc2ccc(F)cc2)nnc1SCC(=O)Nc1c(F)cc(F)cc1Br. The predicted octanol–water partition coefficient (Wildman–Crippen LogP) is 3.48. The van der Waals surface area contributed by atoms with Crippen molar-refractivity contribution in [3.8, 4) is 5.75 Å². The summed E-state index contributed by atoms with van der Waals surface area (Å²) in [6.07, 6.45) is 0. The van der Waals surface area contributed by atoms with Crippen molar-refractivity contribution < 1.29 is 22.7 Å². The second kappa shape index (κ2) is 9.18. The Hall–Kier alpha value is -2.73. The molecule has 0 aliphatic heterocycles. The average Bonchev–Trinajstić information content (AvgIpc) is 3.02. The van der Waals surface area contributed by atoms with Crippen molar-refractivity contribution in [2.45, 2.75) is 11.8 Å². The molecule has 3 aromatic rings. The summed E-state index contributed by atoms with van der Waals surface area (Å²) in [5.41, 5.74) is -0.167. The van der Waals surface area contributed by atoms with Crippen molar-refractivity contribution in [3.63, 3.8) is 0 Å². The van der Waals surface area contributed by atoms with E-state index in [4.69, 9.17) is 10.6 Å². The van der Waals surface area contributed by atoms with Crippen molar-refractivity contribution >= 4 is 39.3 Å². The first kappa shape index (κ1) is 21.0. The molecule has 0 aliphatic rings. The molecular formula is C17H13BrF3N5O2S. The van der Waals surface area contributed by atoms with Gasteiger partial charge in [-0.2, -0.15) is 0 Å². The molecule has 1 amide bonds. The number of nitrogens with one attached hydrogen (secondary N) is 1. The second-order valence-corrected chi connectivity index (χ2v) is 7.39. The number of aromatic nitrogens is 3. The molecule has 152 valence electrons. The van der Waals surface area contributed by atoms with Crippen molar-refractivity contribution in [3.05, 3.63) is 64.1 Å². The Morgan fingerprint density at radius 1 is 1.17 bits per heavy atom. The van der Waals surface area contributed by atoms with Gasteiger partial charge in [0, 0.05) is 10.5 Å². The van der Waals surface area contributed by atoms with Crippen LogP contribution in [0.15, 0.2) is 46.0 Å². The van der Waals surface area contributed by atoms with E-state index in [1.54, 1.807) is 0 Å². The van der Waals surface area contributed by atoms with E-state index in [0.717, 1.165) is 22.5 Å². The largest absolute Gasteiger partial charge is 0.486 e. The summed E-state index contributed by atoms with van der Waals surface area (Å²) in [4.78, 5) is 12.1. The van der Waals surface area contributed by atoms with Crippen molar-refractivity contribution in [2.75, 3.05) is 16.9 Å². The predicted molar refractivity (Wildman–Crippen MR) is 104 cm³/mol. The third-order valence-electron chi connectivity index (χ3n) is 3.52. The number of halogens is 4. The fourth-order valence-corrected chi connectivity index (χ4v) is 3.33. The van der Waals surface area contributed by atoms with Crippen molar-refractivity contribution in [2.24, 2.45) is 0 Å². The highest BCUT2D eigenvalue weighted by Gasteiger charge is 2.16. The molecule has 3 N–H and O–H groups in total. The van der Waals surface area contributed by atoms with E-state index >= 15 is 0 Å². The summed E-state index contributed by atoms with van der Waals surface area (Å²) in [5.74, 6) is 3.84. The lowest BCUT2D eigenvalue weighted by Crippen LogP contribution is -2.18. The Morgan fingerprint density at radius 2 is 1.90 bits per heavy atom. The zero-order valence-corrected chi connectivity index (χ0v) is 16.9. The van der Waals surface area contributed by atoms with Crippen LogP contribution in [0, 0.1) is 17.5 Å². The molecule has 2 aromatic carbocycles. The number of carbonyl (C=O) groups is 1. The number of amides is 1. The van der Waals surface area contributed by atoms with Crippen LogP contribution in [0.5, 0.6) is 5.75 Å². The van der Waals surface area contributed by atoms with Crippen LogP contribution in [-0.4, -0.2) is 26.5 Å². The van der Waals surface area contributed by atoms with Crippen LogP contribution in [0.2, 0.25) is 0 Å². The Bertz CT molecular complexity index is 1010. The average molecular weight is 488 g/mol. The van der Waals surface area contributed by atoms with Gasteiger partial charge in [0.1, 0.15) is 24.0 Å². The Labute approximate surface area is 175 Å². The molecule has 1 aromatic heterocycles. The molecule has 0 saturated heterocycles. The molecule has 0 aliphatic carbocycles. The van der Waals surface area contributed by atoms with Gasteiger partial charge in [-0.1, -0.05) is 11.8 Å². The normalized spacial score (nSPS) is 10.8. The molecule has 3 rings (SSSR count). The van der Waals surface area contributed by atoms with Crippen LogP contribution < -0.4 is 15.9 Å². The summed E-state index contributed by atoms with van der Waals surface area (Å²) in [7, 11) is 0. The molecule has 12 heteroatoms.